The highest BCUT2D eigenvalue weighted by Crippen LogP contribution is 1.93. The molecule has 60 valence electrons. The van der Waals surface area contributed by atoms with Crippen LogP contribution in [0.2, 0.25) is 0 Å². The first kappa shape index (κ1) is 8.31. The second-order valence-electron chi connectivity index (χ2n) is 2.09. The Morgan fingerprint density at radius 1 is 1.33 bits per heavy atom. The van der Waals surface area contributed by atoms with Gasteiger partial charge in [0.1, 0.15) is 0 Å². The summed E-state index contributed by atoms with van der Waals surface area (Å²) in [6, 6.07) is 9.22. The van der Waals surface area contributed by atoms with Gasteiger partial charge < -0.3 is 0 Å². The van der Waals surface area contributed by atoms with E-state index in [4.69, 9.17) is 5.84 Å². The molecule has 12 heavy (non-hydrogen) atoms. The summed E-state index contributed by atoms with van der Waals surface area (Å²) in [5.41, 5.74) is 2.72. The third-order valence-corrected chi connectivity index (χ3v) is 1.23. The van der Waals surface area contributed by atoms with E-state index in [2.05, 4.69) is 11.8 Å². The van der Waals surface area contributed by atoms with E-state index in [0.717, 1.165) is 5.56 Å². The SMILES string of the molecule is NNC(=O)C#Cc1ccccc1. The lowest BCUT2D eigenvalue weighted by Crippen LogP contribution is -2.28. The Morgan fingerprint density at radius 2 is 2.00 bits per heavy atom. The summed E-state index contributed by atoms with van der Waals surface area (Å²) in [5.74, 6) is 9.32. The van der Waals surface area contributed by atoms with Crippen LogP contribution in [0.4, 0.5) is 0 Å². The molecule has 3 heteroatoms. The predicted molar refractivity (Wildman–Crippen MR) is 45.7 cm³/mol. The molecule has 1 aromatic rings. The summed E-state index contributed by atoms with van der Waals surface area (Å²) in [4.78, 5) is 10.6. The highest BCUT2D eigenvalue weighted by atomic mass is 16.2. The largest absolute Gasteiger partial charge is 0.310 e. The van der Waals surface area contributed by atoms with Crippen LogP contribution in [-0.4, -0.2) is 5.91 Å². The Balaban J connectivity index is 2.74. The Hall–Kier alpha value is -1.79. The van der Waals surface area contributed by atoms with Crippen LogP contribution in [0.25, 0.3) is 0 Å². The first-order valence-electron chi connectivity index (χ1n) is 3.40. The van der Waals surface area contributed by atoms with Crippen LogP contribution in [0.15, 0.2) is 30.3 Å². The average Bonchev–Trinajstić information content (AvgIpc) is 2.16. The summed E-state index contributed by atoms with van der Waals surface area (Å²) in [6.45, 7) is 0. The molecule has 0 radical (unpaired) electrons. The lowest BCUT2D eigenvalue weighted by molar-refractivity contribution is -0.115. The van der Waals surface area contributed by atoms with Crippen molar-refractivity contribution >= 4 is 5.91 Å². The molecule has 1 rings (SSSR count). The van der Waals surface area contributed by atoms with Gasteiger partial charge in [-0.15, -0.1) is 0 Å². The zero-order chi connectivity index (χ0) is 8.81. The minimum atomic E-state index is -0.487. The fourth-order valence-corrected chi connectivity index (χ4v) is 0.687. The van der Waals surface area contributed by atoms with Crippen molar-refractivity contribution in [2.24, 2.45) is 5.84 Å². The highest BCUT2D eigenvalue weighted by molar-refractivity contribution is 5.93. The number of nitrogens with one attached hydrogen (secondary N) is 1. The third kappa shape index (κ3) is 2.45. The molecule has 1 aromatic carbocycles. The number of hydrazine groups is 1. The Kier molecular flexibility index (Phi) is 2.88. The van der Waals surface area contributed by atoms with Gasteiger partial charge in [0.2, 0.25) is 0 Å². The fraction of sp³-hybridized carbons (Fsp3) is 0. The van der Waals surface area contributed by atoms with Gasteiger partial charge in [-0.3, -0.25) is 10.2 Å². The first-order chi connectivity index (χ1) is 5.83. The van der Waals surface area contributed by atoms with Crippen molar-refractivity contribution in [3.05, 3.63) is 35.9 Å². The first-order valence-corrected chi connectivity index (χ1v) is 3.40. The molecule has 0 heterocycles. The fourth-order valence-electron chi connectivity index (χ4n) is 0.687. The van der Waals surface area contributed by atoms with Crippen LogP contribution in [-0.2, 0) is 4.79 Å². The molecule has 0 saturated heterocycles. The topological polar surface area (TPSA) is 55.1 Å². The molecule has 3 nitrogen and oxygen atoms in total. The highest BCUT2D eigenvalue weighted by Gasteiger charge is 1.86. The molecule has 1 amide bonds. The molecule has 0 aliphatic rings. The number of hydrogen-bond donors (Lipinski definition) is 2. The Labute approximate surface area is 70.5 Å². The van der Waals surface area contributed by atoms with Crippen LogP contribution < -0.4 is 11.3 Å². The molecule has 0 bridgehead atoms. The van der Waals surface area contributed by atoms with Crippen LogP contribution in [0.1, 0.15) is 5.56 Å². The summed E-state index contributed by atoms with van der Waals surface area (Å²) in [7, 11) is 0. The Bertz CT molecular complexity index is 321. The van der Waals surface area contributed by atoms with E-state index in [0.29, 0.717) is 0 Å². The minimum absolute atomic E-state index is 0.487. The van der Waals surface area contributed by atoms with Crippen molar-refractivity contribution in [2.45, 2.75) is 0 Å². The number of amides is 1. The molecule has 3 N–H and O–H groups in total. The zero-order valence-corrected chi connectivity index (χ0v) is 6.37. The van der Waals surface area contributed by atoms with Gasteiger partial charge in [-0.2, -0.15) is 0 Å². The molecule has 0 atom stereocenters. The quantitative estimate of drug-likeness (QED) is 0.243. The number of hydrogen-bond acceptors (Lipinski definition) is 2. The third-order valence-electron chi connectivity index (χ3n) is 1.23. The molecular weight excluding hydrogens is 152 g/mol. The van der Waals surface area contributed by atoms with E-state index in [1.54, 1.807) is 0 Å². The number of carbonyl (C=O) groups is 1. The van der Waals surface area contributed by atoms with Crippen LogP contribution >= 0.6 is 0 Å². The lowest BCUT2D eigenvalue weighted by atomic mass is 10.2. The number of rotatable bonds is 0. The molecule has 0 saturated carbocycles. The van der Waals surface area contributed by atoms with Crippen LogP contribution in [0, 0.1) is 11.8 Å². The molecule has 0 spiro atoms. The van der Waals surface area contributed by atoms with Gasteiger partial charge in [-0.25, -0.2) is 5.84 Å². The van der Waals surface area contributed by atoms with E-state index in [9.17, 15) is 4.79 Å². The van der Waals surface area contributed by atoms with Gasteiger partial charge in [-0.05, 0) is 12.1 Å². The second-order valence-corrected chi connectivity index (χ2v) is 2.09. The van der Waals surface area contributed by atoms with Crippen molar-refractivity contribution in [3.63, 3.8) is 0 Å². The van der Waals surface area contributed by atoms with E-state index >= 15 is 0 Å². The van der Waals surface area contributed by atoms with Crippen molar-refractivity contribution in [2.75, 3.05) is 0 Å². The normalized spacial score (nSPS) is 8.08. The number of carbonyl (C=O) groups excluding carboxylic acids is 1. The maximum atomic E-state index is 10.6. The molecule has 0 unspecified atom stereocenters. The molecule has 0 fully saturated rings. The van der Waals surface area contributed by atoms with E-state index in [1.807, 2.05) is 35.8 Å². The van der Waals surface area contributed by atoms with Gasteiger partial charge in [0.05, 0.1) is 0 Å². The van der Waals surface area contributed by atoms with Crippen molar-refractivity contribution in [3.8, 4) is 11.8 Å². The van der Waals surface area contributed by atoms with Gasteiger partial charge in [-0.1, -0.05) is 24.1 Å². The maximum absolute atomic E-state index is 10.6. The van der Waals surface area contributed by atoms with Crippen LogP contribution in [0.5, 0.6) is 0 Å². The summed E-state index contributed by atoms with van der Waals surface area (Å²) in [6.07, 6.45) is 0. The number of benzene rings is 1. The monoisotopic (exact) mass is 160 g/mol. The van der Waals surface area contributed by atoms with E-state index in [1.165, 1.54) is 0 Å². The molecule has 0 aliphatic heterocycles. The molecular formula is C9H8N2O. The van der Waals surface area contributed by atoms with E-state index in [-0.39, 0.29) is 0 Å². The van der Waals surface area contributed by atoms with Gasteiger partial charge in [0.15, 0.2) is 0 Å². The summed E-state index contributed by atoms with van der Waals surface area (Å²) >= 11 is 0. The number of nitrogens with two attached hydrogens (primary N) is 1. The van der Waals surface area contributed by atoms with E-state index < -0.39 is 5.91 Å². The van der Waals surface area contributed by atoms with Crippen molar-refractivity contribution < 1.29 is 4.79 Å². The van der Waals surface area contributed by atoms with Gasteiger partial charge in [0, 0.05) is 11.5 Å². The van der Waals surface area contributed by atoms with Gasteiger partial charge in [0.25, 0.3) is 0 Å². The van der Waals surface area contributed by atoms with Crippen molar-refractivity contribution in [1.82, 2.24) is 5.43 Å². The molecule has 0 aromatic heterocycles. The average molecular weight is 160 g/mol. The second kappa shape index (κ2) is 4.16. The zero-order valence-electron chi connectivity index (χ0n) is 6.37. The maximum Gasteiger partial charge on any atom is 0.310 e. The lowest BCUT2D eigenvalue weighted by Gasteiger charge is -1.86. The van der Waals surface area contributed by atoms with Gasteiger partial charge >= 0.3 is 5.91 Å². The summed E-state index contributed by atoms with van der Waals surface area (Å²) in [5, 5.41) is 0. The Morgan fingerprint density at radius 3 is 2.58 bits per heavy atom. The van der Waals surface area contributed by atoms with Crippen LogP contribution in [0.3, 0.4) is 0 Å². The minimum Gasteiger partial charge on any atom is -0.283 e. The van der Waals surface area contributed by atoms with Crippen molar-refractivity contribution in [1.29, 1.82) is 0 Å². The standard InChI is InChI=1S/C9H8N2O/c10-11-9(12)7-6-8-4-2-1-3-5-8/h1-5H,10H2,(H,11,12). The summed E-state index contributed by atoms with van der Waals surface area (Å²) < 4.78 is 0. The smallest absolute Gasteiger partial charge is 0.283 e. The molecule has 0 aliphatic carbocycles. The predicted octanol–water partition coefficient (Wildman–Crippen LogP) is 0.0280.